The number of amidine groups is 1. The molecule has 3 N–H and O–H groups in total. The molecule has 2 aromatic carbocycles. The first kappa shape index (κ1) is 26.7. The molecule has 0 bridgehead atoms. The molecule has 0 spiro atoms. The number of carbonyl (C=O) groups is 2. The number of aliphatic hydroxyl groups is 1. The zero-order valence-corrected chi connectivity index (χ0v) is 20.4. The van der Waals surface area contributed by atoms with Crippen LogP contribution in [0.25, 0.3) is 17.2 Å². The van der Waals surface area contributed by atoms with E-state index in [0.717, 1.165) is 6.42 Å². The van der Waals surface area contributed by atoms with Gasteiger partial charge in [0, 0.05) is 37.3 Å². The molecule has 0 aliphatic carbocycles. The van der Waals surface area contributed by atoms with Gasteiger partial charge in [0.25, 0.3) is 0 Å². The number of nitrogens with zero attached hydrogens (tertiary/aromatic N) is 4. The highest BCUT2D eigenvalue weighted by Crippen LogP contribution is 2.33. The van der Waals surface area contributed by atoms with Crippen molar-refractivity contribution in [2.75, 3.05) is 26.3 Å². The summed E-state index contributed by atoms with van der Waals surface area (Å²) in [6.45, 7) is 4.78. The Morgan fingerprint density at radius 3 is 2.58 bits per heavy atom. The first-order chi connectivity index (χ1) is 17.4. The second-order valence-corrected chi connectivity index (χ2v) is 8.15. The van der Waals surface area contributed by atoms with Crippen LogP contribution in [0.1, 0.15) is 49.0 Å². The normalized spacial score (nSPS) is 13.0. The number of hydrogen-bond acceptors (Lipinski definition) is 7. The summed E-state index contributed by atoms with van der Waals surface area (Å²) in [4.78, 5) is 31.5. The molecule has 0 atom stereocenters. The minimum Gasteiger partial charge on any atom is -0.462 e. The van der Waals surface area contributed by atoms with Crippen LogP contribution in [0.15, 0.2) is 57.3 Å². The van der Waals surface area contributed by atoms with Gasteiger partial charge in [0.05, 0.1) is 17.9 Å². The van der Waals surface area contributed by atoms with Crippen LogP contribution in [0.5, 0.6) is 0 Å². The Morgan fingerprint density at radius 2 is 1.92 bits per heavy atom. The molecule has 3 rings (SSSR count). The Kier molecular flexibility index (Phi) is 9.40. The van der Waals surface area contributed by atoms with Crippen molar-refractivity contribution in [3.8, 4) is 11.1 Å². The maximum atomic E-state index is 14.6. The molecule has 1 aliphatic rings. The molecule has 9 nitrogen and oxygen atoms in total. The van der Waals surface area contributed by atoms with Gasteiger partial charge in [-0.25, -0.2) is 14.2 Å². The third-order valence-corrected chi connectivity index (χ3v) is 5.57. The molecule has 1 amide bonds. The lowest BCUT2D eigenvalue weighted by molar-refractivity contribution is -0.127. The van der Waals surface area contributed by atoms with Crippen LogP contribution in [-0.2, 0) is 9.53 Å². The van der Waals surface area contributed by atoms with Gasteiger partial charge in [-0.05, 0) is 55.2 Å². The van der Waals surface area contributed by atoms with Gasteiger partial charge in [-0.15, -0.1) is 5.11 Å². The number of rotatable bonds is 9. The quantitative estimate of drug-likeness (QED) is 0.230. The van der Waals surface area contributed by atoms with E-state index in [1.165, 1.54) is 12.1 Å². The van der Waals surface area contributed by atoms with E-state index < -0.39 is 11.8 Å². The summed E-state index contributed by atoms with van der Waals surface area (Å²) in [5, 5.41) is 16.5. The monoisotopic (exact) mass is 495 g/mol. The molecular weight excluding hydrogens is 465 g/mol. The lowest BCUT2D eigenvalue weighted by Crippen LogP contribution is -2.34. The van der Waals surface area contributed by atoms with Crippen LogP contribution < -0.4 is 5.84 Å². The number of amides is 1. The van der Waals surface area contributed by atoms with Crippen LogP contribution >= 0.6 is 0 Å². The summed E-state index contributed by atoms with van der Waals surface area (Å²) >= 11 is 0. The molecule has 0 radical (unpaired) electrons. The number of ether oxygens (including phenoxy) is 1. The van der Waals surface area contributed by atoms with Crippen molar-refractivity contribution in [3.05, 3.63) is 58.9 Å². The fourth-order valence-electron chi connectivity index (χ4n) is 3.91. The summed E-state index contributed by atoms with van der Waals surface area (Å²) in [6.07, 6.45) is 3.15. The Morgan fingerprint density at radius 1 is 1.17 bits per heavy atom. The van der Waals surface area contributed by atoms with E-state index in [4.69, 9.17) is 10.6 Å². The molecule has 2 aromatic rings. The standard InChI is InChI=1S/C26H30FN5O4/c1-3-10-32(11-5-12-33)25(34)20-13-19-7-6-18(15-23(19)29-24(16-20)30-31-28)17-8-9-21(22(27)14-17)26(35)36-4-2/h6-9,13-15,33H,3-5,10-12,16H2,1-2H3,(H2,28,29,30). The van der Waals surface area contributed by atoms with Gasteiger partial charge in [0.1, 0.15) is 5.82 Å². The van der Waals surface area contributed by atoms with Crippen molar-refractivity contribution in [2.24, 2.45) is 21.2 Å². The number of halogens is 1. The van der Waals surface area contributed by atoms with E-state index in [2.05, 4.69) is 15.3 Å². The highest BCUT2D eigenvalue weighted by atomic mass is 19.1. The van der Waals surface area contributed by atoms with Gasteiger partial charge < -0.3 is 20.6 Å². The number of esters is 1. The third kappa shape index (κ3) is 6.39. The second kappa shape index (κ2) is 12.7. The molecule has 1 aliphatic heterocycles. The molecule has 0 unspecified atom stereocenters. The second-order valence-electron chi connectivity index (χ2n) is 8.15. The summed E-state index contributed by atoms with van der Waals surface area (Å²) in [6, 6.07) is 9.61. The predicted molar refractivity (Wildman–Crippen MR) is 135 cm³/mol. The van der Waals surface area contributed by atoms with Gasteiger partial charge in [0.15, 0.2) is 5.84 Å². The van der Waals surface area contributed by atoms with Gasteiger partial charge in [0.2, 0.25) is 5.91 Å². The van der Waals surface area contributed by atoms with Crippen LogP contribution in [0.2, 0.25) is 0 Å². The Balaban J connectivity index is 2.00. The number of hydrogen-bond donors (Lipinski definition) is 2. The lowest BCUT2D eigenvalue weighted by atomic mass is 9.99. The summed E-state index contributed by atoms with van der Waals surface area (Å²) < 4.78 is 19.5. The van der Waals surface area contributed by atoms with E-state index in [1.54, 1.807) is 42.2 Å². The number of nitrogens with two attached hydrogens (primary N) is 1. The zero-order chi connectivity index (χ0) is 26.1. The summed E-state index contributed by atoms with van der Waals surface area (Å²) in [7, 11) is 0. The third-order valence-electron chi connectivity index (χ3n) is 5.57. The van der Waals surface area contributed by atoms with E-state index in [-0.39, 0.29) is 36.9 Å². The van der Waals surface area contributed by atoms with E-state index in [0.29, 0.717) is 47.5 Å². The average molecular weight is 496 g/mol. The van der Waals surface area contributed by atoms with Gasteiger partial charge in [-0.3, -0.25) is 4.79 Å². The Hall–Kier alpha value is -3.92. The predicted octanol–water partition coefficient (Wildman–Crippen LogP) is 4.43. The van der Waals surface area contributed by atoms with Gasteiger partial charge in [-0.1, -0.05) is 30.3 Å². The van der Waals surface area contributed by atoms with Crippen molar-refractivity contribution in [2.45, 2.75) is 33.1 Å². The molecular formula is C26H30FN5O4. The van der Waals surface area contributed by atoms with E-state index in [1.807, 2.05) is 6.92 Å². The Bertz CT molecular complexity index is 1210. The number of aliphatic imine (C=N–C) groups is 1. The van der Waals surface area contributed by atoms with E-state index in [9.17, 15) is 19.1 Å². The molecule has 1 heterocycles. The molecule has 10 heteroatoms. The van der Waals surface area contributed by atoms with E-state index >= 15 is 0 Å². The van der Waals surface area contributed by atoms with Crippen LogP contribution in [-0.4, -0.2) is 54.0 Å². The molecule has 0 saturated heterocycles. The van der Waals surface area contributed by atoms with Crippen molar-refractivity contribution in [3.63, 3.8) is 0 Å². The number of fused-ring (bicyclic) bond motifs is 1. The highest BCUT2D eigenvalue weighted by Gasteiger charge is 2.22. The Labute approximate surface area is 209 Å². The van der Waals surface area contributed by atoms with Crippen molar-refractivity contribution < 1.29 is 23.8 Å². The SMILES string of the molecule is CCCN(CCCO)C(=O)C1=Cc2ccc(-c3ccc(C(=O)OCC)c(F)c3)cc2N=C(N=NN)C1. The van der Waals surface area contributed by atoms with Crippen molar-refractivity contribution >= 4 is 29.5 Å². The average Bonchev–Trinajstić information content (AvgIpc) is 3.05. The topological polar surface area (TPSA) is 130 Å². The van der Waals surface area contributed by atoms with Crippen LogP contribution in [0.3, 0.4) is 0 Å². The summed E-state index contributed by atoms with van der Waals surface area (Å²) in [5.41, 5.74) is 2.75. The minimum absolute atomic E-state index is 0.00634. The maximum absolute atomic E-state index is 14.6. The van der Waals surface area contributed by atoms with Gasteiger partial charge >= 0.3 is 5.97 Å². The first-order valence-electron chi connectivity index (χ1n) is 11.8. The fourth-order valence-corrected chi connectivity index (χ4v) is 3.91. The van der Waals surface area contributed by atoms with Gasteiger partial charge in [-0.2, -0.15) is 0 Å². The first-order valence-corrected chi connectivity index (χ1v) is 11.8. The molecule has 0 saturated carbocycles. The zero-order valence-electron chi connectivity index (χ0n) is 20.4. The minimum atomic E-state index is -0.719. The van der Waals surface area contributed by atoms with Crippen LogP contribution in [0, 0.1) is 5.82 Å². The molecule has 0 fully saturated rings. The van der Waals surface area contributed by atoms with Crippen LogP contribution in [0.4, 0.5) is 10.1 Å². The number of aliphatic hydroxyl groups excluding tert-OH is 1. The molecule has 36 heavy (non-hydrogen) atoms. The smallest absolute Gasteiger partial charge is 0.341 e. The lowest BCUT2D eigenvalue weighted by Gasteiger charge is -2.23. The highest BCUT2D eigenvalue weighted by molar-refractivity contribution is 6.06. The molecule has 190 valence electrons. The number of benzene rings is 2. The van der Waals surface area contributed by atoms with Crippen molar-refractivity contribution in [1.29, 1.82) is 0 Å². The fraction of sp³-hybridized carbons (Fsp3) is 0.346. The summed E-state index contributed by atoms with van der Waals surface area (Å²) in [5.74, 6) is 3.96. The molecule has 0 aromatic heterocycles. The largest absolute Gasteiger partial charge is 0.462 e. The maximum Gasteiger partial charge on any atom is 0.341 e. The van der Waals surface area contributed by atoms with Crippen molar-refractivity contribution in [1.82, 2.24) is 4.90 Å². The number of carbonyl (C=O) groups excluding carboxylic acids is 2.